The van der Waals surface area contributed by atoms with Gasteiger partial charge in [-0.25, -0.2) is 4.79 Å². The molecule has 1 N–H and O–H groups in total. The molecule has 0 radical (unpaired) electrons. The van der Waals surface area contributed by atoms with Crippen LogP contribution in [0.4, 0.5) is 5.69 Å². The summed E-state index contributed by atoms with van der Waals surface area (Å²) in [4.78, 5) is 38.2. The van der Waals surface area contributed by atoms with Crippen molar-refractivity contribution in [3.8, 4) is 0 Å². The van der Waals surface area contributed by atoms with Crippen LogP contribution in [0.5, 0.6) is 0 Å². The SMILES string of the molecule is CCOC(=O)c1ccccc1NC(=O)C(=O)N1CCC2(CC1)OCCO2. The summed E-state index contributed by atoms with van der Waals surface area (Å²) in [6.07, 6.45) is 1.07. The smallest absolute Gasteiger partial charge is 0.340 e. The summed E-state index contributed by atoms with van der Waals surface area (Å²) in [5, 5.41) is 2.51. The monoisotopic (exact) mass is 362 g/mol. The Balaban J connectivity index is 1.62. The lowest BCUT2D eigenvalue weighted by atomic mass is 10.0. The van der Waals surface area contributed by atoms with E-state index in [1.165, 1.54) is 11.0 Å². The van der Waals surface area contributed by atoms with E-state index < -0.39 is 23.6 Å². The van der Waals surface area contributed by atoms with Crippen LogP contribution in [0.2, 0.25) is 0 Å². The van der Waals surface area contributed by atoms with Gasteiger partial charge >= 0.3 is 17.8 Å². The summed E-state index contributed by atoms with van der Waals surface area (Å²) in [6, 6.07) is 6.43. The standard InChI is InChI=1S/C18H22N2O6/c1-2-24-17(23)13-5-3-4-6-14(13)19-15(21)16(22)20-9-7-18(8-10-20)25-11-12-26-18/h3-6H,2,7-12H2,1H3,(H,19,21). The number of rotatable bonds is 3. The Labute approximate surface area is 151 Å². The van der Waals surface area contributed by atoms with Crippen LogP contribution in [-0.2, 0) is 23.8 Å². The molecule has 1 aromatic rings. The number of piperidine rings is 1. The van der Waals surface area contributed by atoms with Crippen LogP contribution in [0.15, 0.2) is 24.3 Å². The molecule has 2 aliphatic heterocycles. The minimum absolute atomic E-state index is 0.209. The zero-order valence-corrected chi connectivity index (χ0v) is 14.7. The number of ether oxygens (including phenoxy) is 3. The maximum absolute atomic E-state index is 12.4. The Morgan fingerprint density at radius 3 is 2.46 bits per heavy atom. The molecule has 8 nitrogen and oxygen atoms in total. The van der Waals surface area contributed by atoms with Crippen molar-refractivity contribution in [3.63, 3.8) is 0 Å². The Kier molecular flexibility index (Phi) is 5.53. The van der Waals surface area contributed by atoms with Crippen molar-refractivity contribution in [2.45, 2.75) is 25.6 Å². The van der Waals surface area contributed by atoms with E-state index in [-0.39, 0.29) is 17.9 Å². The molecular weight excluding hydrogens is 340 g/mol. The van der Waals surface area contributed by atoms with Gasteiger partial charge in [0.1, 0.15) is 0 Å². The summed E-state index contributed by atoms with van der Waals surface area (Å²) in [5.41, 5.74) is 0.459. The van der Waals surface area contributed by atoms with Gasteiger partial charge in [0.05, 0.1) is 31.1 Å². The van der Waals surface area contributed by atoms with Crippen LogP contribution < -0.4 is 5.32 Å². The third kappa shape index (κ3) is 3.86. The van der Waals surface area contributed by atoms with E-state index in [0.29, 0.717) is 39.1 Å². The van der Waals surface area contributed by atoms with Crippen LogP contribution >= 0.6 is 0 Å². The summed E-state index contributed by atoms with van der Waals surface area (Å²) in [5.74, 6) is -2.59. The van der Waals surface area contributed by atoms with Gasteiger partial charge in [-0.05, 0) is 19.1 Å². The van der Waals surface area contributed by atoms with Gasteiger partial charge in [-0.2, -0.15) is 0 Å². The number of likely N-dealkylation sites (tertiary alicyclic amines) is 1. The van der Waals surface area contributed by atoms with Gasteiger partial charge < -0.3 is 24.4 Å². The van der Waals surface area contributed by atoms with Gasteiger partial charge in [0.2, 0.25) is 0 Å². The molecule has 2 amide bonds. The highest BCUT2D eigenvalue weighted by Gasteiger charge is 2.41. The first kappa shape index (κ1) is 18.3. The van der Waals surface area contributed by atoms with Crippen LogP contribution in [0.3, 0.4) is 0 Å². The molecule has 2 aliphatic rings. The minimum atomic E-state index is -0.786. The molecule has 8 heteroatoms. The van der Waals surface area contributed by atoms with E-state index in [0.717, 1.165) is 0 Å². The first-order valence-electron chi connectivity index (χ1n) is 8.69. The van der Waals surface area contributed by atoms with Crippen molar-refractivity contribution in [2.75, 3.05) is 38.2 Å². The van der Waals surface area contributed by atoms with Crippen molar-refractivity contribution >= 4 is 23.5 Å². The van der Waals surface area contributed by atoms with Crippen molar-refractivity contribution < 1.29 is 28.6 Å². The minimum Gasteiger partial charge on any atom is -0.462 e. The number of esters is 1. The molecule has 140 valence electrons. The van der Waals surface area contributed by atoms with E-state index in [4.69, 9.17) is 14.2 Å². The van der Waals surface area contributed by atoms with E-state index in [1.807, 2.05) is 0 Å². The molecule has 0 aliphatic carbocycles. The number of hydrogen-bond acceptors (Lipinski definition) is 6. The predicted molar refractivity (Wildman–Crippen MR) is 91.5 cm³/mol. The number of hydrogen-bond donors (Lipinski definition) is 1. The molecule has 2 heterocycles. The molecule has 1 aromatic carbocycles. The largest absolute Gasteiger partial charge is 0.462 e. The fourth-order valence-corrected chi connectivity index (χ4v) is 3.13. The van der Waals surface area contributed by atoms with Crippen molar-refractivity contribution in [1.29, 1.82) is 0 Å². The lowest BCUT2D eigenvalue weighted by molar-refractivity contribution is -0.187. The van der Waals surface area contributed by atoms with Gasteiger partial charge in [-0.1, -0.05) is 12.1 Å². The van der Waals surface area contributed by atoms with E-state index >= 15 is 0 Å². The van der Waals surface area contributed by atoms with Gasteiger partial charge in [0.25, 0.3) is 0 Å². The molecule has 2 saturated heterocycles. The molecule has 0 bridgehead atoms. The second-order valence-corrected chi connectivity index (χ2v) is 6.12. The maximum Gasteiger partial charge on any atom is 0.340 e. The molecule has 26 heavy (non-hydrogen) atoms. The molecule has 2 fully saturated rings. The first-order valence-corrected chi connectivity index (χ1v) is 8.69. The van der Waals surface area contributed by atoms with Crippen molar-refractivity contribution in [1.82, 2.24) is 4.90 Å². The van der Waals surface area contributed by atoms with E-state index in [9.17, 15) is 14.4 Å². The normalized spacial score (nSPS) is 18.6. The van der Waals surface area contributed by atoms with Gasteiger partial charge in [0, 0.05) is 25.9 Å². The molecule has 3 rings (SSSR count). The fourth-order valence-electron chi connectivity index (χ4n) is 3.13. The van der Waals surface area contributed by atoms with Crippen molar-refractivity contribution in [2.24, 2.45) is 0 Å². The number of anilines is 1. The number of amides is 2. The number of nitrogens with zero attached hydrogens (tertiary/aromatic N) is 1. The summed E-state index contributed by atoms with van der Waals surface area (Å²) in [7, 11) is 0. The highest BCUT2D eigenvalue weighted by Crippen LogP contribution is 2.31. The molecule has 0 unspecified atom stereocenters. The Bertz CT molecular complexity index is 689. The zero-order chi connectivity index (χ0) is 18.6. The molecule has 0 saturated carbocycles. The third-order valence-corrected chi connectivity index (χ3v) is 4.49. The fraction of sp³-hybridized carbons (Fsp3) is 0.500. The van der Waals surface area contributed by atoms with Crippen molar-refractivity contribution in [3.05, 3.63) is 29.8 Å². The average molecular weight is 362 g/mol. The Morgan fingerprint density at radius 1 is 1.15 bits per heavy atom. The number of para-hydroxylation sites is 1. The van der Waals surface area contributed by atoms with Crippen LogP contribution in [0.25, 0.3) is 0 Å². The molecular formula is C18H22N2O6. The lowest BCUT2D eigenvalue weighted by Crippen LogP contribution is -2.50. The highest BCUT2D eigenvalue weighted by molar-refractivity contribution is 6.39. The van der Waals surface area contributed by atoms with Crippen LogP contribution in [-0.4, -0.2) is 61.4 Å². The highest BCUT2D eigenvalue weighted by atomic mass is 16.7. The predicted octanol–water partition coefficient (Wildman–Crippen LogP) is 1.17. The van der Waals surface area contributed by atoms with E-state index in [1.54, 1.807) is 25.1 Å². The quantitative estimate of drug-likeness (QED) is 0.641. The van der Waals surface area contributed by atoms with Gasteiger partial charge in [0.15, 0.2) is 5.79 Å². The summed E-state index contributed by atoms with van der Waals surface area (Å²) in [6.45, 7) is 3.79. The number of carbonyl (C=O) groups is 3. The Hall–Kier alpha value is -2.45. The average Bonchev–Trinajstić information content (AvgIpc) is 3.10. The molecule has 0 atom stereocenters. The topological polar surface area (TPSA) is 94.2 Å². The third-order valence-electron chi connectivity index (χ3n) is 4.49. The lowest BCUT2D eigenvalue weighted by Gasteiger charge is -2.37. The van der Waals surface area contributed by atoms with Crippen LogP contribution in [0.1, 0.15) is 30.1 Å². The second-order valence-electron chi connectivity index (χ2n) is 6.12. The second kappa shape index (κ2) is 7.84. The van der Waals surface area contributed by atoms with Gasteiger partial charge in [-0.3, -0.25) is 9.59 Å². The van der Waals surface area contributed by atoms with Gasteiger partial charge in [-0.15, -0.1) is 0 Å². The number of benzene rings is 1. The maximum atomic E-state index is 12.4. The molecule has 0 aromatic heterocycles. The number of carbonyl (C=O) groups excluding carboxylic acids is 3. The zero-order valence-electron chi connectivity index (χ0n) is 14.7. The van der Waals surface area contributed by atoms with Crippen LogP contribution in [0, 0.1) is 0 Å². The Morgan fingerprint density at radius 2 is 1.81 bits per heavy atom. The summed E-state index contributed by atoms with van der Waals surface area (Å²) < 4.78 is 16.2. The first-order chi connectivity index (χ1) is 12.5. The number of nitrogens with one attached hydrogen (secondary N) is 1. The molecule has 1 spiro atoms. The summed E-state index contributed by atoms with van der Waals surface area (Å²) >= 11 is 0. The van der Waals surface area contributed by atoms with E-state index in [2.05, 4.69) is 5.32 Å².